The number of nitrogens with zero attached hydrogens (tertiary/aromatic N) is 3. The zero-order chi connectivity index (χ0) is 16.7. The van der Waals surface area contributed by atoms with E-state index >= 15 is 0 Å². The van der Waals surface area contributed by atoms with Gasteiger partial charge in [-0.05, 0) is 12.1 Å². The quantitative estimate of drug-likeness (QED) is 0.818. The van der Waals surface area contributed by atoms with Gasteiger partial charge in [0.1, 0.15) is 11.3 Å². The molecular formula is C12H5F6N3O. The zero-order valence-electron chi connectivity index (χ0n) is 10.4. The van der Waals surface area contributed by atoms with E-state index in [1.165, 1.54) is 6.07 Å². The summed E-state index contributed by atoms with van der Waals surface area (Å²) in [6.07, 6.45) is -8.92. The first-order valence-electron chi connectivity index (χ1n) is 5.50. The van der Waals surface area contributed by atoms with E-state index in [0.717, 1.165) is 6.07 Å². The van der Waals surface area contributed by atoms with Crippen molar-refractivity contribution in [1.29, 1.82) is 5.26 Å². The van der Waals surface area contributed by atoms with E-state index in [1.54, 1.807) is 0 Å². The first-order valence-corrected chi connectivity index (χ1v) is 5.50. The maximum Gasteiger partial charge on any atom is 0.420 e. The highest BCUT2D eigenvalue weighted by molar-refractivity contribution is 5.56. The lowest BCUT2D eigenvalue weighted by atomic mass is 10.1. The molecule has 0 bridgehead atoms. The Kier molecular flexibility index (Phi) is 3.52. The van der Waals surface area contributed by atoms with Crippen molar-refractivity contribution < 1.29 is 31.4 Å². The lowest BCUT2D eigenvalue weighted by Gasteiger charge is -2.13. The largest absolute Gasteiger partial charge is 0.505 e. The highest BCUT2D eigenvalue weighted by atomic mass is 19.4. The molecule has 0 spiro atoms. The van der Waals surface area contributed by atoms with E-state index < -0.39 is 40.5 Å². The summed E-state index contributed by atoms with van der Waals surface area (Å²) in [5, 5.41) is 21.6. The van der Waals surface area contributed by atoms with Gasteiger partial charge in [0.25, 0.3) is 0 Å². The molecule has 10 heteroatoms. The molecule has 22 heavy (non-hydrogen) atoms. The summed E-state index contributed by atoms with van der Waals surface area (Å²) in [6.45, 7) is 0. The summed E-state index contributed by atoms with van der Waals surface area (Å²) in [6, 6.07) is 2.64. The van der Waals surface area contributed by atoms with Gasteiger partial charge in [0, 0.05) is 6.20 Å². The van der Waals surface area contributed by atoms with Crippen molar-refractivity contribution in [2.24, 2.45) is 0 Å². The molecule has 0 saturated carbocycles. The summed E-state index contributed by atoms with van der Waals surface area (Å²) in [7, 11) is 0. The molecule has 0 radical (unpaired) electrons. The topological polar surface area (TPSA) is 61.8 Å². The Labute approximate surface area is 118 Å². The van der Waals surface area contributed by atoms with Gasteiger partial charge in [0.2, 0.25) is 0 Å². The van der Waals surface area contributed by atoms with Crippen LogP contribution in [0.25, 0.3) is 5.69 Å². The number of rotatable bonds is 1. The van der Waals surface area contributed by atoms with Crippen molar-refractivity contribution in [3.63, 3.8) is 0 Å². The number of halogens is 6. The molecule has 0 unspecified atom stereocenters. The Balaban J connectivity index is 2.66. The Morgan fingerprint density at radius 2 is 1.73 bits per heavy atom. The number of nitriles is 1. The normalized spacial score (nSPS) is 12.2. The predicted octanol–water partition coefficient (Wildman–Crippen LogP) is 3.49. The number of phenols is 1. The van der Waals surface area contributed by atoms with Crippen LogP contribution < -0.4 is 0 Å². The highest BCUT2D eigenvalue weighted by Crippen LogP contribution is 2.40. The average Bonchev–Trinajstić information content (AvgIpc) is 2.87. The fourth-order valence-electron chi connectivity index (χ4n) is 1.68. The average molecular weight is 321 g/mol. The standard InChI is InChI=1S/C12H5F6N3O/c13-11(14,15)7-4-20-21(5-7)9-2-6(3-19)1-8(10(9)22)12(16,17)18/h1-2,4-5,22H. The predicted molar refractivity (Wildman–Crippen MR) is 59.9 cm³/mol. The molecule has 2 aromatic rings. The molecule has 4 nitrogen and oxygen atoms in total. The molecule has 0 aliphatic carbocycles. The molecule has 1 heterocycles. The van der Waals surface area contributed by atoms with Gasteiger partial charge in [-0.25, -0.2) is 4.68 Å². The van der Waals surface area contributed by atoms with Crippen LogP contribution in [0.3, 0.4) is 0 Å². The Morgan fingerprint density at radius 1 is 1.09 bits per heavy atom. The summed E-state index contributed by atoms with van der Waals surface area (Å²) in [5.74, 6) is -1.32. The van der Waals surface area contributed by atoms with Crippen molar-refractivity contribution >= 4 is 0 Å². The Morgan fingerprint density at radius 3 is 2.18 bits per heavy atom. The van der Waals surface area contributed by atoms with Crippen LogP contribution in [0.4, 0.5) is 26.3 Å². The molecule has 0 fully saturated rings. The molecule has 0 atom stereocenters. The second kappa shape index (κ2) is 4.94. The molecule has 1 aromatic carbocycles. The van der Waals surface area contributed by atoms with E-state index in [1.807, 2.05) is 0 Å². The molecular weight excluding hydrogens is 316 g/mol. The number of benzene rings is 1. The molecule has 0 saturated heterocycles. The van der Waals surface area contributed by atoms with E-state index in [0.29, 0.717) is 23.1 Å². The van der Waals surface area contributed by atoms with Crippen LogP contribution in [0.15, 0.2) is 24.5 Å². The fourth-order valence-corrected chi connectivity index (χ4v) is 1.68. The SMILES string of the molecule is N#Cc1cc(-n2cc(C(F)(F)F)cn2)c(O)c(C(F)(F)F)c1. The van der Waals surface area contributed by atoms with Crippen molar-refractivity contribution in [3.05, 3.63) is 41.2 Å². The minimum atomic E-state index is -4.98. The van der Waals surface area contributed by atoms with Crippen LogP contribution in [0.2, 0.25) is 0 Å². The van der Waals surface area contributed by atoms with Gasteiger partial charge in [0.05, 0.1) is 23.4 Å². The van der Waals surface area contributed by atoms with Crippen LogP contribution in [0.1, 0.15) is 16.7 Å². The van der Waals surface area contributed by atoms with Crippen molar-refractivity contribution in [2.45, 2.75) is 12.4 Å². The molecule has 116 valence electrons. The van der Waals surface area contributed by atoms with Crippen molar-refractivity contribution in [3.8, 4) is 17.5 Å². The summed E-state index contributed by atoms with van der Waals surface area (Å²) >= 11 is 0. The second-order valence-electron chi connectivity index (χ2n) is 4.17. The van der Waals surface area contributed by atoms with E-state index in [9.17, 15) is 31.4 Å². The third kappa shape index (κ3) is 2.83. The minimum absolute atomic E-state index is 0.395. The fraction of sp³-hybridized carbons (Fsp3) is 0.167. The number of aromatic nitrogens is 2. The van der Waals surface area contributed by atoms with Crippen molar-refractivity contribution in [1.82, 2.24) is 9.78 Å². The Hall–Kier alpha value is -2.70. The van der Waals surface area contributed by atoms with Crippen LogP contribution >= 0.6 is 0 Å². The van der Waals surface area contributed by atoms with Gasteiger partial charge < -0.3 is 5.11 Å². The monoisotopic (exact) mass is 321 g/mol. The van der Waals surface area contributed by atoms with E-state index in [-0.39, 0.29) is 0 Å². The third-order valence-electron chi connectivity index (χ3n) is 2.68. The zero-order valence-corrected chi connectivity index (χ0v) is 10.4. The molecule has 2 rings (SSSR count). The first-order chi connectivity index (χ1) is 10.0. The summed E-state index contributed by atoms with van der Waals surface area (Å²) < 4.78 is 76.2. The first kappa shape index (κ1) is 15.7. The maximum absolute atomic E-state index is 12.8. The van der Waals surface area contributed by atoms with Crippen LogP contribution in [0, 0.1) is 11.3 Å². The Bertz CT molecular complexity index is 754. The number of phenolic OH excluding ortho intramolecular Hbond substituents is 1. The molecule has 1 N–H and O–H groups in total. The van der Waals surface area contributed by atoms with Crippen LogP contribution in [-0.4, -0.2) is 14.9 Å². The smallest absolute Gasteiger partial charge is 0.420 e. The van der Waals surface area contributed by atoms with E-state index in [4.69, 9.17) is 5.26 Å². The van der Waals surface area contributed by atoms with Crippen LogP contribution in [0.5, 0.6) is 5.75 Å². The summed E-state index contributed by atoms with van der Waals surface area (Å²) in [4.78, 5) is 0. The highest BCUT2D eigenvalue weighted by Gasteiger charge is 2.37. The minimum Gasteiger partial charge on any atom is -0.505 e. The molecule has 0 aliphatic rings. The molecule has 1 aromatic heterocycles. The second-order valence-corrected chi connectivity index (χ2v) is 4.17. The number of aromatic hydroxyl groups is 1. The third-order valence-corrected chi connectivity index (χ3v) is 2.68. The van der Waals surface area contributed by atoms with E-state index in [2.05, 4.69) is 5.10 Å². The lowest BCUT2D eigenvalue weighted by molar-refractivity contribution is -0.139. The lowest BCUT2D eigenvalue weighted by Crippen LogP contribution is -2.08. The number of alkyl halides is 6. The number of hydrogen-bond acceptors (Lipinski definition) is 3. The van der Waals surface area contributed by atoms with Crippen molar-refractivity contribution in [2.75, 3.05) is 0 Å². The maximum atomic E-state index is 12.8. The molecule has 0 amide bonds. The number of hydrogen-bond donors (Lipinski definition) is 1. The van der Waals surface area contributed by atoms with Gasteiger partial charge in [-0.1, -0.05) is 0 Å². The summed E-state index contributed by atoms with van der Waals surface area (Å²) in [5.41, 5.74) is -3.90. The van der Waals surface area contributed by atoms with Gasteiger partial charge in [-0.2, -0.15) is 36.7 Å². The van der Waals surface area contributed by atoms with Crippen LogP contribution in [-0.2, 0) is 12.4 Å². The van der Waals surface area contributed by atoms with Gasteiger partial charge >= 0.3 is 12.4 Å². The van der Waals surface area contributed by atoms with Gasteiger partial charge in [-0.3, -0.25) is 0 Å². The molecule has 0 aliphatic heterocycles. The van der Waals surface area contributed by atoms with Gasteiger partial charge in [-0.15, -0.1) is 0 Å². The van der Waals surface area contributed by atoms with Gasteiger partial charge in [0.15, 0.2) is 5.75 Å².